The van der Waals surface area contributed by atoms with Crippen molar-refractivity contribution in [1.29, 1.82) is 0 Å². The largest absolute Gasteiger partial charge is 0.489 e. The molecule has 0 aliphatic heterocycles. The van der Waals surface area contributed by atoms with Crippen LogP contribution >= 0.6 is 11.6 Å². The number of hydrazone groups is 1. The summed E-state index contributed by atoms with van der Waals surface area (Å²) in [5.74, 6) is 1.06. The van der Waals surface area contributed by atoms with Gasteiger partial charge in [-0.2, -0.15) is 5.10 Å². The number of carbonyl (C=O) groups is 1. The van der Waals surface area contributed by atoms with Gasteiger partial charge in [-0.05, 0) is 86.6 Å². The minimum atomic E-state index is -0.238. The molecule has 0 fully saturated rings. The predicted octanol–water partition coefficient (Wildman–Crippen LogP) is 5.50. The highest BCUT2D eigenvalue weighted by Crippen LogP contribution is 2.32. The van der Waals surface area contributed by atoms with Crippen LogP contribution in [0, 0.1) is 5.92 Å². The second kappa shape index (κ2) is 8.52. The van der Waals surface area contributed by atoms with Gasteiger partial charge in [-0.3, -0.25) is 4.79 Å². The third kappa shape index (κ3) is 4.36. The van der Waals surface area contributed by atoms with Crippen LogP contribution in [0.1, 0.15) is 54.4 Å². The van der Waals surface area contributed by atoms with Crippen LogP contribution < -0.4 is 10.2 Å². The number of benzene rings is 2. The van der Waals surface area contributed by atoms with Gasteiger partial charge in [0.25, 0.3) is 5.91 Å². The number of nitrogens with zero attached hydrogens (tertiary/aromatic N) is 1. The van der Waals surface area contributed by atoms with Gasteiger partial charge in [-0.15, -0.1) is 0 Å². The molecule has 4 rings (SSSR count). The number of carbonyl (C=O) groups excluding carboxylic acids is 1. The smallest absolute Gasteiger partial charge is 0.271 e. The lowest BCUT2D eigenvalue weighted by atomic mass is 9.87. The summed E-state index contributed by atoms with van der Waals surface area (Å²) in [7, 11) is 0. The number of hydrogen-bond acceptors (Lipinski definition) is 3. The van der Waals surface area contributed by atoms with E-state index < -0.39 is 0 Å². The zero-order chi connectivity index (χ0) is 21.3. The Balaban J connectivity index is 1.47. The van der Waals surface area contributed by atoms with E-state index in [2.05, 4.69) is 22.4 Å². The van der Waals surface area contributed by atoms with Crippen molar-refractivity contribution in [3.8, 4) is 5.75 Å². The summed E-state index contributed by atoms with van der Waals surface area (Å²) in [6.45, 7) is 6.17. The van der Waals surface area contributed by atoms with Crippen molar-refractivity contribution in [3.05, 3.63) is 63.8 Å². The van der Waals surface area contributed by atoms with E-state index in [1.807, 2.05) is 38.1 Å². The van der Waals surface area contributed by atoms with Crippen molar-refractivity contribution in [3.63, 3.8) is 0 Å². The zero-order valence-electron chi connectivity index (χ0n) is 17.5. The molecule has 1 aromatic heterocycles. The Bertz CT molecular complexity index is 1120. The molecule has 1 unspecified atom stereocenters. The van der Waals surface area contributed by atoms with Crippen LogP contribution in [0.15, 0.2) is 41.5 Å². The molecular weight excluding hydrogens is 398 g/mol. The highest BCUT2D eigenvalue weighted by molar-refractivity contribution is 6.32. The van der Waals surface area contributed by atoms with Crippen LogP contribution in [-0.4, -0.2) is 23.2 Å². The number of nitrogens with one attached hydrogen (secondary N) is 2. The molecule has 2 N–H and O–H groups in total. The maximum atomic E-state index is 12.6. The lowest BCUT2D eigenvalue weighted by molar-refractivity contribution is 0.0955. The van der Waals surface area contributed by atoms with Crippen LogP contribution in [0.4, 0.5) is 0 Å². The monoisotopic (exact) mass is 423 g/mol. The van der Waals surface area contributed by atoms with Gasteiger partial charge >= 0.3 is 0 Å². The molecule has 30 heavy (non-hydrogen) atoms. The summed E-state index contributed by atoms with van der Waals surface area (Å²) in [5.41, 5.74) is 7.72. The Morgan fingerprint density at radius 2 is 2.13 bits per heavy atom. The number of amides is 1. The van der Waals surface area contributed by atoms with Gasteiger partial charge in [0, 0.05) is 22.2 Å². The van der Waals surface area contributed by atoms with Crippen LogP contribution in [0.2, 0.25) is 5.02 Å². The molecule has 1 amide bonds. The summed E-state index contributed by atoms with van der Waals surface area (Å²) in [6.07, 6.45) is 4.95. The van der Waals surface area contributed by atoms with Crippen molar-refractivity contribution in [1.82, 2.24) is 10.4 Å². The molecule has 0 radical (unpaired) electrons. The highest BCUT2D eigenvalue weighted by atomic mass is 35.5. The zero-order valence-corrected chi connectivity index (χ0v) is 18.2. The van der Waals surface area contributed by atoms with Crippen molar-refractivity contribution < 1.29 is 9.53 Å². The summed E-state index contributed by atoms with van der Waals surface area (Å²) in [6, 6.07) is 11.2. The van der Waals surface area contributed by atoms with Crippen LogP contribution in [0.25, 0.3) is 10.9 Å². The van der Waals surface area contributed by atoms with E-state index in [-0.39, 0.29) is 12.0 Å². The fraction of sp³-hybridized carbons (Fsp3) is 0.333. The Hall–Kier alpha value is -2.79. The predicted molar refractivity (Wildman–Crippen MR) is 122 cm³/mol. The summed E-state index contributed by atoms with van der Waals surface area (Å²) < 4.78 is 5.63. The summed E-state index contributed by atoms with van der Waals surface area (Å²) in [5, 5.41) is 5.73. The third-order valence-corrected chi connectivity index (χ3v) is 5.69. The quantitative estimate of drug-likeness (QED) is 0.420. The number of aromatic amines is 1. The van der Waals surface area contributed by atoms with Crippen molar-refractivity contribution in [2.75, 3.05) is 0 Å². The first-order valence-electron chi connectivity index (χ1n) is 10.3. The van der Waals surface area contributed by atoms with Gasteiger partial charge in [0.15, 0.2) is 0 Å². The molecule has 3 aromatic rings. The van der Waals surface area contributed by atoms with E-state index in [4.69, 9.17) is 16.3 Å². The number of halogens is 1. The molecule has 1 aliphatic carbocycles. The maximum Gasteiger partial charge on any atom is 0.271 e. The van der Waals surface area contributed by atoms with Crippen LogP contribution in [0.3, 0.4) is 0 Å². The lowest BCUT2D eigenvalue weighted by Gasteiger charge is -2.18. The first-order valence-corrected chi connectivity index (χ1v) is 10.7. The van der Waals surface area contributed by atoms with Crippen molar-refractivity contribution >= 4 is 34.6 Å². The van der Waals surface area contributed by atoms with Gasteiger partial charge in [-0.25, -0.2) is 5.43 Å². The van der Waals surface area contributed by atoms with Crippen LogP contribution in [-0.2, 0) is 12.8 Å². The summed E-state index contributed by atoms with van der Waals surface area (Å²) in [4.78, 5) is 16.1. The number of fused-ring (bicyclic) bond motifs is 3. The Kier molecular flexibility index (Phi) is 5.82. The van der Waals surface area contributed by atoms with E-state index in [0.717, 1.165) is 29.3 Å². The number of rotatable bonds is 5. The maximum absolute atomic E-state index is 12.6. The second-order valence-electron chi connectivity index (χ2n) is 8.25. The van der Waals surface area contributed by atoms with Crippen molar-refractivity contribution in [2.45, 2.75) is 46.1 Å². The first kappa shape index (κ1) is 20.5. The van der Waals surface area contributed by atoms with E-state index in [1.165, 1.54) is 17.7 Å². The highest BCUT2D eigenvalue weighted by Gasteiger charge is 2.20. The third-order valence-electron chi connectivity index (χ3n) is 5.39. The molecule has 0 spiro atoms. The van der Waals surface area contributed by atoms with E-state index in [9.17, 15) is 4.79 Å². The molecule has 1 heterocycles. The number of ether oxygens (including phenoxy) is 1. The van der Waals surface area contributed by atoms with E-state index in [0.29, 0.717) is 22.3 Å². The van der Waals surface area contributed by atoms with Crippen LogP contribution in [0.5, 0.6) is 5.75 Å². The Morgan fingerprint density at radius 1 is 1.30 bits per heavy atom. The molecule has 0 bridgehead atoms. The number of H-pyrrole nitrogens is 1. The molecular formula is C24H26ClN3O2. The second-order valence-corrected chi connectivity index (χ2v) is 8.65. The van der Waals surface area contributed by atoms with Gasteiger partial charge < -0.3 is 9.72 Å². The van der Waals surface area contributed by atoms with Gasteiger partial charge in [-0.1, -0.05) is 18.5 Å². The molecule has 6 heteroatoms. The molecule has 0 saturated carbocycles. The average molecular weight is 424 g/mol. The molecule has 1 aliphatic rings. The SMILES string of the molecule is CC1CCc2[nH]c3ccc(C(=O)N/N=C\c4ccc(OC(C)C)c(Cl)c4)cc3c2C1. The van der Waals surface area contributed by atoms with Gasteiger partial charge in [0.1, 0.15) is 5.75 Å². The molecule has 5 nitrogen and oxygen atoms in total. The lowest BCUT2D eigenvalue weighted by Crippen LogP contribution is -2.17. The van der Waals surface area contributed by atoms with Gasteiger partial charge in [0.2, 0.25) is 0 Å². The fourth-order valence-corrected chi connectivity index (χ4v) is 4.14. The minimum Gasteiger partial charge on any atom is -0.489 e. The minimum absolute atomic E-state index is 0.0486. The Labute approximate surface area is 181 Å². The summed E-state index contributed by atoms with van der Waals surface area (Å²) >= 11 is 6.25. The number of aryl methyl sites for hydroxylation is 1. The molecule has 2 aromatic carbocycles. The topological polar surface area (TPSA) is 66.5 Å². The first-order chi connectivity index (χ1) is 14.4. The molecule has 1 atom stereocenters. The average Bonchev–Trinajstić information content (AvgIpc) is 3.06. The van der Waals surface area contributed by atoms with Crippen molar-refractivity contribution in [2.24, 2.45) is 11.0 Å². The Morgan fingerprint density at radius 3 is 2.90 bits per heavy atom. The van der Waals surface area contributed by atoms with E-state index in [1.54, 1.807) is 18.3 Å². The number of hydrogen-bond donors (Lipinski definition) is 2. The normalized spacial score (nSPS) is 16.2. The molecule has 0 saturated heterocycles. The fourth-order valence-electron chi connectivity index (χ4n) is 3.91. The standard InChI is InChI=1S/C24H26ClN3O2/c1-14(2)30-23-9-5-16(11-20(23)25)13-26-28-24(29)17-6-8-22-19(12-17)18-10-15(3)4-7-21(18)27-22/h5-6,8-9,11-15,27H,4,7,10H2,1-3H3,(H,28,29)/b26-13-. The molecule has 156 valence electrons. The van der Waals surface area contributed by atoms with E-state index >= 15 is 0 Å². The number of aromatic nitrogens is 1. The van der Waals surface area contributed by atoms with Gasteiger partial charge in [0.05, 0.1) is 17.3 Å².